The third-order valence-electron chi connectivity index (χ3n) is 3.83. The van der Waals surface area contributed by atoms with E-state index in [-0.39, 0.29) is 18.3 Å². The zero-order valence-electron chi connectivity index (χ0n) is 15.5. The first-order valence-electron chi connectivity index (χ1n) is 8.39. The number of ether oxygens (including phenoxy) is 2. The highest BCUT2D eigenvalue weighted by atomic mass is 79.9. The molecule has 0 aliphatic rings. The number of methoxy groups -OCH3 is 1. The van der Waals surface area contributed by atoms with E-state index in [4.69, 9.17) is 9.47 Å². The van der Waals surface area contributed by atoms with Gasteiger partial charge in [-0.3, -0.25) is 4.79 Å². The number of halogens is 2. The van der Waals surface area contributed by atoms with Crippen LogP contribution < -0.4 is 4.74 Å². The highest BCUT2D eigenvalue weighted by molar-refractivity contribution is 9.10. The topological polar surface area (TPSA) is 53.4 Å². The summed E-state index contributed by atoms with van der Waals surface area (Å²) >= 11 is 3.43. The molecule has 0 atom stereocenters. The van der Waals surface area contributed by atoms with Crippen LogP contribution in [0.25, 0.3) is 22.4 Å². The fourth-order valence-electron chi connectivity index (χ4n) is 2.79. The van der Waals surface area contributed by atoms with Crippen molar-refractivity contribution in [1.82, 2.24) is 9.55 Å². The molecule has 0 unspecified atom stereocenters. The summed E-state index contributed by atoms with van der Waals surface area (Å²) in [6.07, 6.45) is 0. The quantitative estimate of drug-likeness (QED) is 0.544. The normalized spacial score (nSPS) is 11.6. The lowest BCUT2D eigenvalue weighted by atomic mass is 10.2. The Labute approximate surface area is 165 Å². The highest BCUT2D eigenvalue weighted by Crippen LogP contribution is 2.30. The number of hydrogen-bond acceptors (Lipinski definition) is 4. The van der Waals surface area contributed by atoms with E-state index < -0.39 is 11.4 Å². The van der Waals surface area contributed by atoms with E-state index in [0.29, 0.717) is 16.9 Å². The minimum Gasteiger partial charge on any atom is -0.494 e. The van der Waals surface area contributed by atoms with Crippen LogP contribution in [0.1, 0.15) is 20.8 Å². The number of carbonyl (C=O) groups excluding carboxylic acids is 1. The van der Waals surface area contributed by atoms with Gasteiger partial charge in [-0.15, -0.1) is 0 Å². The van der Waals surface area contributed by atoms with Crippen LogP contribution in [0, 0.1) is 5.82 Å². The average Bonchev–Trinajstić information content (AvgIpc) is 2.91. The first kappa shape index (κ1) is 19.4. The zero-order valence-corrected chi connectivity index (χ0v) is 17.1. The van der Waals surface area contributed by atoms with Gasteiger partial charge < -0.3 is 14.0 Å². The largest absolute Gasteiger partial charge is 0.494 e. The average molecular weight is 435 g/mol. The number of rotatable bonds is 4. The number of nitrogens with zero attached hydrogens (tertiary/aromatic N) is 2. The molecule has 0 aliphatic carbocycles. The molecule has 0 radical (unpaired) electrons. The molecule has 0 saturated heterocycles. The van der Waals surface area contributed by atoms with Gasteiger partial charge in [0.2, 0.25) is 0 Å². The van der Waals surface area contributed by atoms with Crippen LogP contribution in [0.2, 0.25) is 0 Å². The van der Waals surface area contributed by atoms with E-state index in [0.717, 1.165) is 9.99 Å². The third-order valence-corrected chi connectivity index (χ3v) is 4.32. The maximum Gasteiger partial charge on any atom is 0.326 e. The first-order valence-corrected chi connectivity index (χ1v) is 9.19. The van der Waals surface area contributed by atoms with Gasteiger partial charge in [0, 0.05) is 10.0 Å². The van der Waals surface area contributed by atoms with E-state index in [9.17, 15) is 9.18 Å². The number of esters is 1. The minimum absolute atomic E-state index is 0.00950. The molecule has 1 heterocycles. The smallest absolute Gasteiger partial charge is 0.326 e. The number of aromatic nitrogens is 2. The molecule has 27 heavy (non-hydrogen) atoms. The van der Waals surface area contributed by atoms with Crippen molar-refractivity contribution in [3.05, 3.63) is 46.7 Å². The Hall–Kier alpha value is -2.41. The molecular formula is C20H20BrFN2O3. The van der Waals surface area contributed by atoms with Crippen LogP contribution in [-0.2, 0) is 16.1 Å². The fourth-order valence-corrected chi connectivity index (χ4v) is 3.13. The predicted molar refractivity (Wildman–Crippen MR) is 105 cm³/mol. The van der Waals surface area contributed by atoms with Crippen molar-refractivity contribution in [1.29, 1.82) is 0 Å². The van der Waals surface area contributed by atoms with Crippen molar-refractivity contribution in [3.8, 4) is 17.1 Å². The number of carbonyl (C=O) groups is 1. The van der Waals surface area contributed by atoms with Gasteiger partial charge in [0.1, 0.15) is 18.0 Å². The van der Waals surface area contributed by atoms with Crippen molar-refractivity contribution in [2.24, 2.45) is 0 Å². The lowest BCUT2D eigenvalue weighted by Gasteiger charge is -2.20. The summed E-state index contributed by atoms with van der Waals surface area (Å²) in [5, 5.41) is 0. The Morgan fingerprint density at radius 1 is 1.22 bits per heavy atom. The number of benzene rings is 2. The molecule has 3 aromatic rings. The summed E-state index contributed by atoms with van der Waals surface area (Å²) in [6.45, 7) is 5.45. The Morgan fingerprint density at radius 3 is 2.63 bits per heavy atom. The van der Waals surface area contributed by atoms with Gasteiger partial charge in [0.15, 0.2) is 11.6 Å². The molecule has 1 aromatic heterocycles. The molecule has 5 nitrogen and oxygen atoms in total. The Morgan fingerprint density at radius 2 is 1.96 bits per heavy atom. The SMILES string of the molecule is COc1cc(-c2nc3cc(Br)ccc3n2CC(=O)OC(C)(C)C)ccc1F. The molecule has 3 rings (SSSR count). The summed E-state index contributed by atoms with van der Waals surface area (Å²) in [6, 6.07) is 10.1. The predicted octanol–water partition coefficient (Wildman–Crippen LogP) is 4.96. The maximum absolute atomic E-state index is 13.8. The molecule has 0 saturated carbocycles. The van der Waals surface area contributed by atoms with E-state index in [1.54, 1.807) is 16.7 Å². The first-order chi connectivity index (χ1) is 12.7. The van der Waals surface area contributed by atoms with E-state index >= 15 is 0 Å². The van der Waals surface area contributed by atoms with Crippen molar-refractivity contribution in [2.75, 3.05) is 7.11 Å². The highest BCUT2D eigenvalue weighted by Gasteiger charge is 2.21. The lowest BCUT2D eigenvalue weighted by Crippen LogP contribution is -2.26. The second kappa shape index (κ2) is 7.31. The van der Waals surface area contributed by atoms with Gasteiger partial charge in [-0.1, -0.05) is 15.9 Å². The molecule has 0 aliphatic heterocycles. The lowest BCUT2D eigenvalue weighted by molar-refractivity contribution is -0.155. The molecule has 0 N–H and O–H groups in total. The van der Waals surface area contributed by atoms with Crippen LogP contribution in [0.15, 0.2) is 40.9 Å². The van der Waals surface area contributed by atoms with Gasteiger partial charge in [0.25, 0.3) is 0 Å². The van der Waals surface area contributed by atoms with Crippen LogP contribution in [0.3, 0.4) is 0 Å². The van der Waals surface area contributed by atoms with Crippen LogP contribution in [0.4, 0.5) is 4.39 Å². The van der Waals surface area contributed by atoms with Gasteiger partial charge in [0.05, 0.1) is 18.1 Å². The maximum atomic E-state index is 13.8. The number of fused-ring (bicyclic) bond motifs is 1. The summed E-state index contributed by atoms with van der Waals surface area (Å²) in [4.78, 5) is 17.1. The van der Waals surface area contributed by atoms with Crippen LogP contribution >= 0.6 is 15.9 Å². The van der Waals surface area contributed by atoms with Gasteiger partial charge in [-0.25, -0.2) is 9.37 Å². The summed E-state index contributed by atoms with van der Waals surface area (Å²) in [7, 11) is 1.41. The summed E-state index contributed by atoms with van der Waals surface area (Å²) in [5.41, 5.74) is 1.55. The zero-order chi connectivity index (χ0) is 19.8. The van der Waals surface area contributed by atoms with E-state index in [1.165, 1.54) is 13.2 Å². The monoisotopic (exact) mass is 434 g/mol. The molecule has 0 fully saturated rings. The standard InChI is InChI=1S/C20H20BrFN2O3/c1-20(2,3)27-18(25)11-24-16-8-6-13(21)10-15(16)23-19(24)12-5-7-14(22)17(9-12)26-4/h5-10H,11H2,1-4H3. The van der Waals surface area contributed by atoms with Crippen LogP contribution in [-0.4, -0.2) is 28.2 Å². The molecular weight excluding hydrogens is 415 g/mol. The number of imidazole rings is 1. The summed E-state index contributed by atoms with van der Waals surface area (Å²) in [5.74, 6) is -0.185. The van der Waals surface area contributed by atoms with Crippen molar-refractivity contribution < 1.29 is 18.7 Å². The van der Waals surface area contributed by atoms with Gasteiger partial charge in [-0.05, 0) is 57.2 Å². The second-order valence-corrected chi connectivity index (χ2v) is 8.01. The molecule has 0 bridgehead atoms. The molecule has 7 heteroatoms. The van der Waals surface area contributed by atoms with Crippen molar-refractivity contribution >= 4 is 32.9 Å². The molecule has 0 amide bonds. The Balaban J connectivity index is 2.12. The second-order valence-electron chi connectivity index (χ2n) is 7.09. The van der Waals surface area contributed by atoms with E-state index in [2.05, 4.69) is 20.9 Å². The van der Waals surface area contributed by atoms with Crippen molar-refractivity contribution in [2.45, 2.75) is 32.9 Å². The molecule has 142 valence electrons. The van der Waals surface area contributed by atoms with E-state index in [1.807, 2.05) is 39.0 Å². The Bertz CT molecular complexity index is 1010. The van der Waals surface area contributed by atoms with Crippen LogP contribution in [0.5, 0.6) is 5.75 Å². The third kappa shape index (κ3) is 4.30. The molecule has 0 spiro atoms. The minimum atomic E-state index is -0.588. The fraction of sp³-hybridized carbons (Fsp3) is 0.300. The summed E-state index contributed by atoms with van der Waals surface area (Å²) < 4.78 is 27.0. The Kier molecular flexibility index (Phi) is 5.24. The van der Waals surface area contributed by atoms with Gasteiger partial charge in [-0.2, -0.15) is 0 Å². The van der Waals surface area contributed by atoms with Crippen molar-refractivity contribution in [3.63, 3.8) is 0 Å². The molecule has 2 aromatic carbocycles. The number of hydrogen-bond donors (Lipinski definition) is 0. The van der Waals surface area contributed by atoms with Gasteiger partial charge >= 0.3 is 5.97 Å².